The Balaban J connectivity index is 2.67. The number of nitrogens with two attached hydrogens (primary N) is 2. The van der Waals surface area contributed by atoms with Crippen LogP contribution in [-0.2, 0) is 4.74 Å². The van der Waals surface area contributed by atoms with Gasteiger partial charge in [0, 0.05) is 11.3 Å². The monoisotopic (exact) mass is 360 g/mol. The number of carbonyl (C=O) groups excluding carboxylic acids is 2. The molecule has 132 valence electrons. The van der Waals surface area contributed by atoms with E-state index in [1.165, 1.54) is 0 Å². The summed E-state index contributed by atoms with van der Waals surface area (Å²) in [5.74, 6) is -1.07. The highest BCUT2D eigenvalue weighted by atomic mass is 35.5. The second-order valence-electron chi connectivity index (χ2n) is 6.71. The van der Waals surface area contributed by atoms with E-state index in [1.807, 2.05) is 0 Å². The molecule has 0 aliphatic heterocycles. The molecule has 0 radical (unpaired) electrons. The van der Waals surface area contributed by atoms with Gasteiger partial charge in [0.05, 0.1) is 16.3 Å². The van der Waals surface area contributed by atoms with Crippen LogP contribution in [0.15, 0.2) is 30.3 Å². The van der Waals surface area contributed by atoms with Gasteiger partial charge < -0.3 is 16.2 Å². The molecule has 0 fully saturated rings. The summed E-state index contributed by atoms with van der Waals surface area (Å²) < 4.78 is 5.37. The van der Waals surface area contributed by atoms with Gasteiger partial charge >= 0.3 is 5.97 Å². The number of halogens is 1. The minimum absolute atomic E-state index is 0.0393. The molecule has 6 heteroatoms. The molecule has 0 heterocycles. The summed E-state index contributed by atoms with van der Waals surface area (Å²) in [5, 5.41) is 0.0915. The van der Waals surface area contributed by atoms with E-state index < -0.39 is 11.6 Å². The molecule has 0 amide bonds. The van der Waals surface area contributed by atoms with Gasteiger partial charge in [0.25, 0.3) is 0 Å². The second-order valence-corrected chi connectivity index (χ2v) is 7.09. The van der Waals surface area contributed by atoms with E-state index in [1.54, 1.807) is 58.0 Å². The van der Waals surface area contributed by atoms with E-state index in [-0.39, 0.29) is 33.3 Å². The zero-order valence-electron chi connectivity index (χ0n) is 14.6. The molecule has 0 aromatic heterocycles. The van der Waals surface area contributed by atoms with E-state index in [4.69, 9.17) is 27.8 Å². The molecule has 2 aromatic carbocycles. The van der Waals surface area contributed by atoms with Gasteiger partial charge in [0.15, 0.2) is 5.78 Å². The van der Waals surface area contributed by atoms with Crippen LogP contribution >= 0.6 is 11.6 Å². The maximum atomic E-state index is 12.9. The van der Waals surface area contributed by atoms with Crippen molar-refractivity contribution >= 4 is 34.7 Å². The first-order valence-electron chi connectivity index (χ1n) is 7.74. The predicted octanol–water partition coefficient (Wildman–Crippen LogP) is 4.00. The molecule has 25 heavy (non-hydrogen) atoms. The number of hydrogen-bond donors (Lipinski definition) is 2. The number of anilines is 2. The quantitative estimate of drug-likeness (QED) is 0.490. The average molecular weight is 361 g/mol. The third kappa shape index (κ3) is 3.77. The number of hydrogen-bond acceptors (Lipinski definition) is 5. The van der Waals surface area contributed by atoms with E-state index >= 15 is 0 Å². The molecule has 0 unspecified atom stereocenters. The Morgan fingerprint density at radius 2 is 1.56 bits per heavy atom. The van der Waals surface area contributed by atoms with Gasteiger partial charge in [-0.3, -0.25) is 4.79 Å². The van der Waals surface area contributed by atoms with Crippen LogP contribution < -0.4 is 11.5 Å². The van der Waals surface area contributed by atoms with Crippen LogP contribution in [0.5, 0.6) is 0 Å². The smallest absolute Gasteiger partial charge is 0.342 e. The standard InChI is InChI=1S/C19H21ClN2O3/c1-10-14(20)12(18(24)25-19(2,3)4)16(22)13(15(10)21)17(23)11-8-6-5-7-9-11/h5-9H,21-22H2,1-4H3. The molecule has 2 rings (SSSR count). The van der Waals surface area contributed by atoms with Crippen LogP contribution in [0.4, 0.5) is 11.4 Å². The van der Waals surface area contributed by atoms with Gasteiger partial charge in [-0.2, -0.15) is 0 Å². The van der Waals surface area contributed by atoms with E-state index in [9.17, 15) is 9.59 Å². The molecular formula is C19H21ClN2O3. The summed E-state index contributed by atoms with van der Waals surface area (Å²) in [7, 11) is 0. The molecule has 0 atom stereocenters. The highest BCUT2D eigenvalue weighted by molar-refractivity contribution is 6.36. The lowest BCUT2D eigenvalue weighted by atomic mass is 9.94. The van der Waals surface area contributed by atoms with Crippen molar-refractivity contribution in [1.29, 1.82) is 0 Å². The fourth-order valence-corrected chi connectivity index (χ4v) is 2.67. The van der Waals surface area contributed by atoms with Crippen LogP contribution in [0, 0.1) is 6.92 Å². The maximum Gasteiger partial charge on any atom is 0.342 e. The van der Waals surface area contributed by atoms with Crippen LogP contribution in [0.1, 0.15) is 52.6 Å². The van der Waals surface area contributed by atoms with Gasteiger partial charge in [0.2, 0.25) is 0 Å². The number of ketones is 1. The van der Waals surface area contributed by atoms with Crippen molar-refractivity contribution in [1.82, 2.24) is 0 Å². The highest BCUT2D eigenvalue weighted by Crippen LogP contribution is 2.37. The summed E-state index contributed by atoms with van der Waals surface area (Å²) in [6, 6.07) is 8.56. The number of benzene rings is 2. The van der Waals surface area contributed by atoms with Crippen molar-refractivity contribution in [2.45, 2.75) is 33.3 Å². The van der Waals surface area contributed by atoms with Gasteiger partial charge in [-0.25, -0.2) is 4.79 Å². The van der Waals surface area contributed by atoms with Crippen molar-refractivity contribution in [3.63, 3.8) is 0 Å². The van der Waals surface area contributed by atoms with Crippen LogP contribution in [0.25, 0.3) is 0 Å². The zero-order valence-corrected chi connectivity index (χ0v) is 15.4. The average Bonchev–Trinajstić information content (AvgIpc) is 2.52. The van der Waals surface area contributed by atoms with Crippen LogP contribution in [-0.4, -0.2) is 17.4 Å². The summed E-state index contributed by atoms with van der Waals surface area (Å²) >= 11 is 6.28. The van der Waals surface area contributed by atoms with Crippen molar-refractivity contribution in [3.05, 3.63) is 57.6 Å². The lowest BCUT2D eigenvalue weighted by Gasteiger charge is -2.22. The first kappa shape index (κ1) is 18.8. The van der Waals surface area contributed by atoms with Gasteiger partial charge in [-0.05, 0) is 33.3 Å². The first-order chi connectivity index (χ1) is 11.5. The molecule has 4 N–H and O–H groups in total. The Kier molecular flexibility index (Phi) is 5.09. The Morgan fingerprint density at radius 3 is 2.08 bits per heavy atom. The van der Waals surface area contributed by atoms with E-state index in [0.29, 0.717) is 11.1 Å². The lowest BCUT2D eigenvalue weighted by molar-refractivity contribution is 0.00709. The highest BCUT2D eigenvalue weighted by Gasteiger charge is 2.29. The molecule has 0 saturated heterocycles. The molecule has 2 aromatic rings. The molecule has 0 saturated carbocycles. The van der Waals surface area contributed by atoms with Crippen molar-refractivity contribution in [3.8, 4) is 0 Å². The fourth-order valence-electron chi connectivity index (χ4n) is 2.39. The summed E-state index contributed by atoms with van der Waals surface area (Å²) in [6.45, 7) is 6.83. The van der Waals surface area contributed by atoms with Crippen molar-refractivity contribution < 1.29 is 14.3 Å². The number of esters is 1. The predicted molar refractivity (Wildman–Crippen MR) is 100 cm³/mol. The molecule has 0 aliphatic rings. The van der Waals surface area contributed by atoms with Crippen molar-refractivity contribution in [2.24, 2.45) is 0 Å². The normalized spacial score (nSPS) is 11.2. The summed E-state index contributed by atoms with van der Waals surface area (Å²) in [6.07, 6.45) is 0. The van der Waals surface area contributed by atoms with Gasteiger partial charge in [-0.15, -0.1) is 0 Å². The number of rotatable bonds is 3. The maximum absolute atomic E-state index is 12.9. The Labute approximate surface area is 151 Å². The number of ether oxygens (including phenoxy) is 1. The van der Waals surface area contributed by atoms with Crippen LogP contribution in [0.3, 0.4) is 0 Å². The SMILES string of the molecule is Cc1c(N)c(C(=O)c2ccccc2)c(N)c(C(=O)OC(C)(C)C)c1Cl. The van der Waals surface area contributed by atoms with E-state index in [2.05, 4.69) is 0 Å². The minimum Gasteiger partial charge on any atom is -0.456 e. The number of carbonyl (C=O) groups is 2. The molecule has 5 nitrogen and oxygen atoms in total. The topological polar surface area (TPSA) is 95.4 Å². The molecular weight excluding hydrogens is 340 g/mol. The third-order valence-corrected chi connectivity index (χ3v) is 4.10. The third-order valence-electron chi connectivity index (χ3n) is 3.63. The van der Waals surface area contributed by atoms with Crippen molar-refractivity contribution in [2.75, 3.05) is 11.5 Å². The lowest BCUT2D eigenvalue weighted by Crippen LogP contribution is -2.26. The first-order valence-corrected chi connectivity index (χ1v) is 8.12. The van der Waals surface area contributed by atoms with E-state index in [0.717, 1.165) is 0 Å². The summed E-state index contributed by atoms with van der Waals surface area (Å²) in [4.78, 5) is 25.4. The van der Waals surface area contributed by atoms with Gasteiger partial charge in [0.1, 0.15) is 11.2 Å². The van der Waals surface area contributed by atoms with Gasteiger partial charge in [-0.1, -0.05) is 41.9 Å². The summed E-state index contributed by atoms with van der Waals surface area (Å²) in [5.41, 5.74) is 12.4. The van der Waals surface area contributed by atoms with Crippen LogP contribution in [0.2, 0.25) is 5.02 Å². The fraction of sp³-hybridized carbons (Fsp3) is 0.263. The Bertz CT molecular complexity index is 840. The minimum atomic E-state index is -0.730. The largest absolute Gasteiger partial charge is 0.456 e. The number of nitrogen functional groups attached to an aromatic ring is 2. The molecule has 0 aliphatic carbocycles. The Morgan fingerprint density at radius 1 is 1.00 bits per heavy atom. The molecule has 0 spiro atoms. The Hall–Kier alpha value is -2.53. The second kappa shape index (κ2) is 6.76. The zero-order chi connectivity index (χ0) is 18.9. The molecule has 0 bridgehead atoms.